The van der Waals surface area contributed by atoms with Crippen molar-refractivity contribution in [1.29, 1.82) is 0 Å². The van der Waals surface area contributed by atoms with Gasteiger partial charge < -0.3 is 16.0 Å². The van der Waals surface area contributed by atoms with Crippen molar-refractivity contribution in [2.75, 3.05) is 17.2 Å². The molecule has 3 N–H and O–H groups in total. The fourth-order valence-corrected chi connectivity index (χ4v) is 2.45. The zero-order chi connectivity index (χ0) is 16.8. The van der Waals surface area contributed by atoms with Gasteiger partial charge in [-0.3, -0.25) is 14.4 Å². The van der Waals surface area contributed by atoms with Crippen molar-refractivity contribution in [3.63, 3.8) is 0 Å². The maximum atomic E-state index is 12.0. The topological polar surface area (TPSA) is 87.3 Å². The summed E-state index contributed by atoms with van der Waals surface area (Å²) in [5.74, 6) is -0.793. The maximum Gasteiger partial charge on any atom is 0.265 e. The van der Waals surface area contributed by atoms with Gasteiger partial charge >= 0.3 is 0 Å². The summed E-state index contributed by atoms with van der Waals surface area (Å²) >= 11 is 1.36. The lowest BCUT2D eigenvalue weighted by Gasteiger charge is -2.11. The fourth-order valence-electron chi connectivity index (χ4n) is 1.83. The van der Waals surface area contributed by atoms with Gasteiger partial charge in [0.25, 0.3) is 5.91 Å². The molecule has 120 valence electrons. The second kappa shape index (κ2) is 7.55. The summed E-state index contributed by atoms with van der Waals surface area (Å²) in [6.07, 6.45) is 0. The van der Waals surface area contributed by atoms with Crippen LogP contribution >= 0.6 is 11.3 Å². The molecule has 0 saturated carbocycles. The Morgan fingerprint density at radius 3 is 2.57 bits per heavy atom. The molecule has 1 heterocycles. The van der Waals surface area contributed by atoms with Crippen LogP contribution in [0.5, 0.6) is 0 Å². The summed E-state index contributed by atoms with van der Waals surface area (Å²) < 4.78 is 0. The molecule has 0 spiro atoms. The smallest absolute Gasteiger partial charge is 0.265 e. The Morgan fingerprint density at radius 2 is 1.91 bits per heavy atom. The number of aryl methyl sites for hydroxylation is 1. The van der Waals surface area contributed by atoms with Gasteiger partial charge in [0.2, 0.25) is 11.8 Å². The second-order valence-corrected chi connectivity index (χ2v) is 5.87. The van der Waals surface area contributed by atoms with E-state index in [1.165, 1.54) is 18.3 Å². The van der Waals surface area contributed by atoms with Crippen molar-refractivity contribution < 1.29 is 14.4 Å². The van der Waals surface area contributed by atoms with Crippen molar-refractivity contribution in [3.8, 4) is 0 Å². The van der Waals surface area contributed by atoms with E-state index in [1.807, 2.05) is 18.4 Å². The number of carbonyl (C=O) groups excluding carboxylic acids is 3. The number of thiophene rings is 1. The highest BCUT2D eigenvalue weighted by Gasteiger charge is 2.10. The first-order chi connectivity index (χ1) is 11.0. The maximum absolute atomic E-state index is 12.0. The van der Waals surface area contributed by atoms with E-state index in [1.54, 1.807) is 24.3 Å². The minimum absolute atomic E-state index is 0.0967. The number of amides is 3. The van der Waals surface area contributed by atoms with E-state index < -0.39 is 0 Å². The van der Waals surface area contributed by atoms with Crippen LogP contribution in [0.1, 0.15) is 22.2 Å². The van der Waals surface area contributed by atoms with Crippen molar-refractivity contribution in [3.05, 3.63) is 46.2 Å². The minimum Gasteiger partial charge on any atom is -0.347 e. The molecule has 0 atom stereocenters. The standard InChI is InChI=1S/C16H17N3O3S/c1-10-5-6-12(18-16(22)14-4-3-7-23-14)8-13(10)19-15(21)9-17-11(2)20/h3-8H,9H2,1-2H3,(H,17,20)(H,18,22)(H,19,21). The molecule has 1 aromatic carbocycles. The Morgan fingerprint density at radius 1 is 1.13 bits per heavy atom. The van der Waals surface area contributed by atoms with Crippen LogP contribution in [0.4, 0.5) is 11.4 Å². The first kappa shape index (κ1) is 16.7. The van der Waals surface area contributed by atoms with E-state index >= 15 is 0 Å². The van der Waals surface area contributed by atoms with Crippen LogP contribution in [0.2, 0.25) is 0 Å². The Kier molecular flexibility index (Phi) is 5.48. The van der Waals surface area contributed by atoms with Gasteiger partial charge in [-0.05, 0) is 36.1 Å². The normalized spacial score (nSPS) is 10.0. The van der Waals surface area contributed by atoms with Gasteiger partial charge in [-0.15, -0.1) is 11.3 Å². The van der Waals surface area contributed by atoms with E-state index in [9.17, 15) is 14.4 Å². The van der Waals surface area contributed by atoms with E-state index in [-0.39, 0.29) is 24.3 Å². The predicted molar refractivity (Wildman–Crippen MR) is 90.8 cm³/mol. The van der Waals surface area contributed by atoms with E-state index in [4.69, 9.17) is 0 Å². The van der Waals surface area contributed by atoms with Gasteiger partial charge in [-0.1, -0.05) is 12.1 Å². The summed E-state index contributed by atoms with van der Waals surface area (Å²) in [4.78, 5) is 35.2. The highest BCUT2D eigenvalue weighted by Crippen LogP contribution is 2.21. The summed E-state index contributed by atoms with van der Waals surface area (Å²) in [5.41, 5.74) is 2.03. The molecule has 6 nitrogen and oxygen atoms in total. The predicted octanol–water partition coefficient (Wildman–Crippen LogP) is 2.38. The van der Waals surface area contributed by atoms with Crippen molar-refractivity contribution in [2.24, 2.45) is 0 Å². The Balaban J connectivity index is 2.05. The number of hydrogen-bond acceptors (Lipinski definition) is 4. The highest BCUT2D eigenvalue weighted by atomic mass is 32.1. The average Bonchev–Trinajstić information content (AvgIpc) is 3.03. The quantitative estimate of drug-likeness (QED) is 0.786. The SMILES string of the molecule is CC(=O)NCC(=O)Nc1cc(NC(=O)c2cccs2)ccc1C. The summed E-state index contributed by atoms with van der Waals surface area (Å²) in [6, 6.07) is 8.81. The van der Waals surface area contributed by atoms with Crippen LogP contribution < -0.4 is 16.0 Å². The van der Waals surface area contributed by atoms with Gasteiger partial charge in [0, 0.05) is 18.3 Å². The molecule has 0 aliphatic heterocycles. The molecular weight excluding hydrogens is 314 g/mol. The van der Waals surface area contributed by atoms with Crippen LogP contribution in [0, 0.1) is 6.92 Å². The molecule has 0 aliphatic carbocycles. The number of nitrogens with one attached hydrogen (secondary N) is 3. The van der Waals surface area contributed by atoms with Gasteiger partial charge in [0.1, 0.15) is 0 Å². The molecule has 2 rings (SSSR count). The van der Waals surface area contributed by atoms with E-state index in [0.717, 1.165) is 5.56 Å². The average molecular weight is 331 g/mol. The van der Waals surface area contributed by atoms with Crippen LogP contribution in [-0.2, 0) is 9.59 Å². The van der Waals surface area contributed by atoms with Crippen LogP contribution in [0.15, 0.2) is 35.7 Å². The molecule has 0 aliphatic rings. The fraction of sp³-hybridized carbons (Fsp3) is 0.188. The molecule has 0 fully saturated rings. The third-order valence-corrected chi connectivity index (χ3v) is 3.88. The number of anilines is 2. The molecule has 23 heavy (non-hydrogen) atoms. The van der Waals surface area contributed by atoms with Gasteiger partial charge in [0.05, 0.1) is 11.4 Å². The van der Waals surface area contributed by atoms with E-state index in [2.05, 4.69) is 16.0 Å². The molecule has 0 unspecified atom stereocenters. The molecule has 2 aromatic rings. The Labute approximate surface area is 137 Å². The van der Waals surface area contributed by atoms with Crippen LogP contribution in [0.3, 0.4) is 0 Å². The van der Waals surface area contributed by atoms with Crippen molar-refractivity contribution in [2.45, 2.75) is 13.8 Å². The van der Waals surface area contributed by atoms with Crippen molar-refractivity contribution in [1.82, 2.24) is 5.32 Å². The van der Waals surface area contributed by atoms with Crippen molar-refractivity contribution >= 4 is 40.4 Å². The van der Waals surface area contributed by atoms with Crippen LogP contribution in [0.25, 0.3) is 0 Å². The zero-order valence-electron chi connectivity index (χ0n) is 12.8. The van der Waals surface area contributed by atoms with Gasteiger partial charge in [0.15, 0.2) is 0 Å². The number of carbonyl (C=O) groups is 3. The first-order valence-electron chi connectivity index (χ1n) is 6.95. The summed E-state index contributed by atoms with van der Waals surface area (Å²) in [7, 11) is 0. The Hall–Kier alpha value is -2.67. The largest absolute Gasteiger partial charge is 0.347 e. The molecule has 0 radical (unpaired) electrons. The number of rotatable bonds is 5. The molecule has 7 heteroatoms. The molecule has 0 bridgehead atoms. The number of benzene rings is 1. The summed E-state index contributed by atoms with van der Waals surface area (Å²) in [5, 5.41) is 9.76. The third-order valence-electron chi connectivity index (χ3n) is 3.01. The van der Waals surface area contributed by atoms with Crippen LogP contribution in [-0.4, -0.2) is 24.3 Å². The lowest BCUT2D eigenvalue weighted by molar-refractivity contribution is -0.122. The molecular formula is C16H17N3O3S. The third kappa shape index (κ3) is 4.93. The molecule has 1 aromatic heterocycles. The zero-order valence-corrected chi connectivity index (χ0v) is 13.6. The second-order valence-electron chi connectivity index (χ2n) is 4.92. The Bertz CT molecular complexity index is 726. The minimum atomic E-state index is -0.329. The number of hydrogen-bond donors (Lipinski definition) is 3. The lowest BCUT2D eigenvalue weighted by Crippen LogP contribution is -2.31. The van der Waals surface area contributed by atoms with Gasteiger partial charge in [-0.2, -0.15) is 0 Å². The monoisotopic (exact) mass is 331 g/mol. The molecule has 3 amide bonds. The van der Waals surface area contributed by atoms with Gasteiger partial charge in [-0.25, -0.2) is 0 Å². The van der Waals surface area contributed by atoms with E-state index in [0.29, 0.717) is 16.3 Å². The summed E-state index contributed by atoms with van der Waals surface area (Å²) in [6.45, 7) is 3.10. The highest BCUT2D eigenvalue weighted by molar-refractivity contribution is 7.12. The molecule has 0 saturated heterocycles. The first-order valence-corrected chi connectivity index (χ1v) is 7.83. The lowest BCUT2D eigenvalue weighted by atomic mass is 10.1.